The molecule has 156 valence electrons. The molecular weight excluding hydrogens is 394 g/mol. The van der Waals surface area contributed by atoms with Gasteiger partial charge in [-0.05, 0) is 48.6 Å². The molecular formula is C23H27N5OS. The Morgan fingerprint density at radius 2 is 1.87 bits per heavy atom. The third-order valence-electron chi connectivity index (χ3n) is 5.69. The maximum absolute atomic E-state index is 13.4. The third kappa shape index (κ3) is 3.81. The van der Waals surface area contributed by atoms with Crippen molar-refractivity contribution in [1.29, 1.82) is 0 Å². The fourth-order valence-electron chi connectivity index (χ4n) is 3.63. The lowest BCUT2D eigenvalue weighted by atomic mass is 10.0. The van der Waals surface area contributed by atoms with Crippen LogP contribution in [0.15, 0.2) is 47.6 Å². The standard InChI is InChI=1S/C23H27N5OS/c1-5-16-10-12-17(13-11-16)20-21(30-23-26-25-19(6-2)28(23)27-20)22(29)24-18-9-7-8-14(3)15(18)4/h7-13,20-21,27H,5-6H2,1-4H3,(H,24,29)/t20-,21-/m1/s1. The van der Waals surface area contributed by atoms with Crippen molar-refractivity contribution in [3.63, 3.8) is 0 Å². The number of thioether (sulfide) groups is 1. The molecule has 4 rings (SSSR count). The zero-order chi connectivity index (χ0) is 21.3. The molecule has 2 heterocycles. The highest BCUT2D eigenvalue weighted by molar-refractivity contribution is 8.00. The molecule has 1 aliphatic heterocycles. The minimum Gasteiger partial charge on any atom is -0.325 e. The lowest BCUT2D eigenvalue weighted by Crippen LogP contribution is -2.41. The molecule has 6 nitrogen and oxygen atoms in total. The van der Waals surface area contributed by atoms with E-state index in [0.717, 1.165) is 46.2 Å². The van der Waals surface area contributed by atoms with Gasteiger partial charge < -0.3 is 10.7 Å². The van der Waals surface area contributed by atoms with E-state index >= 15 is 0 Å². The maximum atomic E-state index is 13.4. The Morgan fingerprint density at radius 3 is 2.57 bits per heavy atom. The summed E-state index contributed by atoms with van der Waals surface area (Å²) in [6.07, 6.45) is 1.75. The summed E-state index contributed by atoms with van der Waals surface area (Å²) >= 11 is 1.46. The number of amides is 1. The smallest absolute Gasteiger partial charge is 0.240 e. The Labute approximate surface area is 181 Å². The SMILES string of the molecule is CCc1ccc([C@H]2Nn3c(CC)nnc3S[C@H]2C(=O)Nc2cccc(C)c2C)cc1. The predicted molar refractivity (Wildman–Crippen MR) is 122 cm³/mol. The highest BCUT2D eigenvalue weighted by Gasteiger charge is 2.37. The first kappa shape index (κ1) is 20.5. The van der Waals surface area contributed by atoms with Gasteiger partial charge in [0.15, 0.2) is 5.82 Å². The lowest BCUT2D eigenvalue weighted by Gasteiger charge is -2.33. The second kappa shape index (κ2) is 8.52. The van der Waals surface area contributed by atoms with Gasteiger partial charge in [-0.1, -0.05) is 62.0 Å². The highest BCUT2D eigenvalue weighted by Crippen LogP contribution is 2.38. The number of anilines is 1. The number of hydrogen-bond acceptors (Lipinski definition) is 5. The van der Waals surface area contributed by atoms with Crippen LogP contribution in [-0.4, -0.2) is 26.0 Å². The van der Waals surface area contributed by atoms with E-state index in [-0.39, 0.29) is 17.2 Å². The number of rotatable bonds is 5. The third-order valence-corrected chi connectivity index (χ3v) is 6.90. The van der Waals surface area contributed by atoms with Crippen LogP contribution in [0.1, 0.15) is 48.0 Å². The molecule has 0 saturated carbocycles. The molecule has 1 aromatic heterocycles. The van der Waals surface area contributed by atoms with E-state index in [9.17, 15) is 4.79 Å². The largest absolute Gasteiger partial charge is 0.325 e. The summed E-state index contributed by atoms with van der Waals surface area (Å²) in [4.78, 5) is 13.4. The maximum Gasteiger partial charge on any atom is 0.240 e. The Bertz CT molecular complexity index is 1060. The van der Waals surface area contributed by atoms with E-state index in [2.05, 4.69) is 65.1 Å². The van der Waals surface area contributed by atoms with E-state index in [4.69, 9.17) is 0 Å². The number of carbonyl (C=O) groups excluding carboxylic acids is 1. The van der Waals surface area contributed by atoms with Crippen molar-refractivity contribution in [1.82, 2.24) is 14.9 Å². The Balaban J connectivity index is 1.68. The van der Waals surface area contributed by atoms with E-state index in [1.54, 1.807) is 0 Å². The van der Waals surface area contributed by atoms with E-state index in [1.807, 2.05) is 30.7 Å². The van der Waals surface area contributed by atoms with Gasteiger partial charge in [0.05, 0.1) is 6.04 Å². The fourth-order valence-corrected chi connectivity index (χ4v) is 4.73. The number of carbonyl (C=O) groups is 1. The fraction of sp³-hybridized carbons (Fsp3) is 0.348. The van der Waals surface area contributed by atoms with Crippen LogP contribution in [0.4, 0.5) is 5.69 Å². The molecule has 0 fully saturated rings. The molecule has 7 heteroatoms. The quantitative estimate of drug-likeness (QED) is 0.638. The van der Waals surface area contributed by atoms with Crippen molar-refractivity contribution in [3.8, 4) is 0 Å². The van der Waals surface area contributed by atoms with Gasteiger partial charge >= 0.3 is 0 Å². The number of hydrogen-bond donors (Lipinski definition) is 2. The van der Waals surface area contributed by atoms with Crippen molar-refractivity contribution in [2.24, 2.45) is 0 Å². The Morgan fingerprint density at radius 1 is 1.10 bits per heavy atom. The van der Waals surface area contributed by atoms with Gasteiger partial charge in [0.25, 0.3) is 0 Å². The van der Waals surface area contributed by atoms with Crippen LogP contribution < -0.4 is 10.7 Å². The van der Waals surface area contributed by atoms with Crippen molar-refractivity contribution in [2.75, 3.05) is 10.7 Å². The summed E-state index contributed by atoms with van der Waals surface area (Å²) in [7, 11) is 0. The van der Waals surface area contributed by atoms with Gasteiger partial charge in [-0.15, -0.1) is 10.2 Å². The topological polar surface area (TPSA) is 71.8 Å². The molecule has 0 unspecified atom stereocenters. The monoisotopic (exact) mass is 421 g/mol. The molecule has 1 amide bonds. The van der Waals surface area contributed by atoms with Crippen molar-refractivity contribution in [2.45, 2.75) is 57.0 Å². The van der Waals surface area contributed by atoms with Crippen LogP contribution in [0.25, 0.3) is 0 Å². The number of aryl methyl sites for hydroxylation is 3. The molecule has 0 saturated heterocycles. The van der Waals surface area contributed by atoms with E-state index < -0.39 is 0 Å². The van der Waals surface area contributed by atoms with Crippen LogP contribution >= 0.6 is 11.8 Å². The lowest BCUT2D eigenvalue weighted by molar-refractivity contribution is -0.116. The molecule has 0 radical (unpaired) electrons. The van der Waals surface area contributed by atoms with Gasteiger partial charge in [-0.25, -0.2) is 4.68 Å². The first-order valence-electron chi connectivity index (χ1n) is 10.3. The number of aromatic nitrogens is 3. The van der Waals surface area contributed by atoms with E-state index in [0.29, 0.717) is 0 Å². The summed E-state index contributed by atoms with van der Waals surface area (Å²) in [5.41, 5.74) is 8.94. The summed E-state index contributed by atoms with van der Waals surface area (Å²) in [5.74, 6) is 0.819. The van der Waals surface area contributed by atoms with Gasteiger partial charge in [0.1, 0.15) is 5.25 Å². The van der Waals surface area contributed by atoms with Crippen LogP contribution in [-0.2, 0) is 17.6 Å². The minimum absolute atomic E-state index is 0.0435. The van der Waals surface area contributed by atoms with Gasteiger partial charge in [0.2, 0.25) is 11.1 Å². The minimum atomic E-state index is -0.376. The van der Waals surface area contributed by atoms with Gasteiger partial charge in [0, 0.05) is 12.1 Å². The highest BCUT2D eigenvalue weighted by atomic mass is 32.2. The Hall–Kier alpha value is -2.80. The first-order valence-corrected chi connectivity index (χ1v) is 11.2. The summed E-state index contributed by atoms with van der Waals surface area (Å²) in [6, 6.07) is 14.2. The average molecular weight is 422 g/mol. The molecule has 2 aromatic carbocycles. The summed E-state index contributed by atoms with van der Waals surface area (Å²) in [5, 5.41) is 12.0. The van der Waals surface area contributed by atoms with Crippen molar-refractivity contribution >= 4 is 23.4 Å². The molecule has 2 atom stereocenters. The zero-order valence-electron chi connectivity index (χ0n) is 17.8. The second-order valence-electron chi connectivity index (χ2n) is 7.56. The van der Waals surface area contributed by atoms with Gasteiger partial charge in [-0.3, -0.25) is 4.79 Å². The molecule has 0 aliphatic carbocycles. The normalized spacial score (nSPS) is 17.9. The van der Waals surface area contributed by atoms with Gasteiger partial charge in [-0.2, -0.15) is 0 Å². The molecule has 2 N–H and O–H groups in total. The number of fused-ring (bicyclic) bond motifs is 1. The van der Waals surface area contributed by atoms with Crippen molar-refractivity contribution in [3.05, 3.63) is 70.5 Å². The van der Waals surface area contributed by atoms with Crippen LogP contribution in [0.5, 0.6) is 0 Å². The number of nitrogens with one attached hydrogen (secondary N) is 2. The second-order valence-corrected chi connectivity index (χ2v) is 8.67. The molecule has 0 bridgehead atoms. The number of benzene rings is 2. The predicted octanol–water partition coefficient (Wildman–Crippen LogP) is 4.42. The zero-order valence-corrected chi connectivity index (χ0v) is 18.6. The molecule has 1 aliphatic rings. The molecule has 3 aromatic rings. The molecule has 0 spiro atoms. The summed E-state index contributed by atoms with van der Waals surface area (Å²) < 4.78 is 1.92. The average Bonchev–Trinajstić information content (AvgIpc) is 3.18. The van der Waals surface area contributed by atoms with Crippen molar-refractivity contribution < 1.29 is 4.79 Å². The van der Waals surface area contributed by atoms with E-state index in [1.165, 1.54) is 17.3 Å². The first-order chi connectivity index (χ1) is 14.5. The Kier molecular flexibility index (Phi) is 5.81. The van der Waals surface area contributed by atoms with Crippen LogP contribution in [0, 0.1) is 13.8 Å². The van der Waals surface area contributed by atoms with Crippen LogP contribution in [0.2, 0.25) is 0 Å². The molecule has 30 heavy (non-hydrogen) atoms. The van der Waals surface area contributed by atoms with Crippen LogP contribution in [0.3, 0.4) is 0 Å². The number of nitrogens with zero attached hydrogens (tertiary/aromatic N) is 3. The summed E-state index contributed by atoms with van der Waals surface area (Å²) in [6.45, 7) is 8.27.